The molecule has 0 aliphatic rings. The molecule has 0 atom stereocenters. The predicted octanol–water partition coefficient (Wildman–Crippen LogP) is 3.97. The molecule has 0 aliphatic heterocycles. The number of hydrogen-bond acceptors (Lipinski definition) is 8. The van der Waals surface area contributed by atoms with Gasteiger partial charge in [-0.1, -0.05) is 77.0 Å². The van der Waals surface area contributed by atoms with Crippen molar-refractivity contribution >= 4 is 31.7 Å². The van der Waals surface area contributed by atoms with Gasteiger partial charge in [0.05, 0.1) is 11.4 Å². The molecule has 0 aromatic heterocycles. The third-order valence-corrected chi connectivity index (χ3v) is 6.37. The molecule has 0 fully saturated rings. The maximum Gasteiger partial charge on any atom is 0.358 e. The molecule has 3 aromatic carbocycles. The van der Waals surface area contributed by atoms with Crippen molar-refractivity contribution in [1.82, 2.24) is 0 Å². The summed E-state index contributed by atoms with van der Waals surface area (Å²) in [7, 11) is -8.21. The maximum absolute atomic E-state index is 12.4. The van der Waals surface area contributed by atoms with E-state index in [1.165, 1.54) is 31.2 Å². The van der Waals surface area contributed by atoms with Gasteiger partial charge < -0.3 is 0 Å². The molecule has 10 heteroatoms. The third kappa shape index (κ3) is 6.25. The largest absolute Gasteiger partial charge is 0.358 e. The minimum atomic E-state index is -4.13. The molecule has 3 aromatic rings. The Balaban J connectivity index is 1.82. The van der Waals surface area contributed by atoms with Crippen molar-refractivity contribution < 1.29 is 25.4 Å². The van der Waals surface area contributed by atoms with E-state index in [4.69, 9.17) is 8.57 Å². The molecule has 0 N–H and O–H groups in total. The molecule has 0 spiro atoms. The highest BCUT2D eigenvalue weighted by molar-refractivity contribution is 7.87. The summed E-state index contributed by atoms with van der Waals surface area (Å²) in [5, 5.41) is 7.51. The van der Waals surface area contributed by atoms with E-state index in [0.29, 0.717) is 5.56 Å². The number of nitrogens with zero attached hydrogens (tertiary/aromatic N) is 2. The van der Waals surface area contributed by atoms with Crippen LogP contribution in [0.4, 0.5) is 0 Å². The SMILES string of the molecule is C/C(C/C(=N\OS(=O)(=O)c1ccccc1)c1ccccc1)=N\OS(=O)(=O)c1ccccc1. The number of hydrogen-bond donors (Lipinski definition) is 0. The van der Waals surface area contributed by atoms with Crippen LogP contribution in [0.25, 0.3) is 0 Å². The number of benzene rings is 3. The van der Waals surface area contributed by atoms with Crippen molar-refractivity contribution in [3.63, 3.8) is 0 Å². The number of rotatable bonds is 9. The lowest BCUT2D eigenvalue weighted by Crippen LogP contribution is -2.11. The molecule has 3 rings (SSSR count). The maximum atomic E-state index is 12.4. The highest BCUT2D eigenvalue weighted by Gasteiger charge is 2.18. The first kappa shape index (κ1) is 23.2. The molecule has 8 nitrogen and oxygen atoms in total. The first-order chi connectivity index (χ1) is 15.3. The van der Waals surface area contributed by atoms with Gasteiger partial charge in [0.1, 0.15) is 9.79 Å². The van der Waals surface area contributed by atoms with Crippen LogP contribution in [0, 0.1) is 0 Å². The Morgan fingerprint density at radius 1 is 0.656 bits per heavy atom. The lowest BCUT2D eigenvalue weighted by Gasteiger charge is -2.08. The van der Waals surface area contributed by atoms with E-state index in [-0.39, 0.29) is 27.6 Å². The fourth-order valence-corrected chi connectivity index (χ4v) is 4.13. The summed E-state index contributed by atoms with van der Waals surface area (Å²) in [5.41, 5.74) is 1.05. The van der Waals surface area contributed by atoms with Crippen molar-refractivity contribution in [3.8, 4) is 0 Å². The fourth-order valence-electron chi connectivity index (χ4n) is 2.56. The van der Waals surface area contributed by atoms with Gasteiger partial charge in [0, 0.05) is 6.42 Å². The van der Waals surface area contributed by atoms with Gasteiger partial charge >= 0.3 is 20.2 Å². The Labute approximate surface area is 187 Å². The van der Waals surface area contributed by atoms with E-state index in [2.05, 4.69) is 10.3 Å². The van der Waals surface area contributed by atoms with Gasteiger partial charge in [0.2, 0.25) is 0 Å². The predicted molar refractivity (Wildman–Crippen MR) is 120 cm³/mol. The fraction of sp³-hybridized carbons (Fsp3) is 0.0909. The smallest absolute Gasteiger partial charge is 0.265 e. The van der Waals surface area contributed by atoms with Crippen molar-refractivity contribution in [1.29, 1.82) is 0 Å². The quantitative estimate of drug-likeness (QED) is 0.344. The molecule has 0 aliphatic carbocycles. The number of oxime groups is 2. The topological polar surface area (TPSA) is 111 Å². The third-order valence-electron chi connectivity index (χ3n) is 4.13. The van der Waals surface area contributed by atoms with E-state index in [1.807, 2.05) is 0 Å². The van der Waals surface area contributed by atoms with Gasteiger partial charge in [0.15, 0.2) is 0 Å². The van der Waals surface area contributed by atoms with Crippen LogP contribution < -0.4 is 0 Å². The summed E-state index contributed by atoms with van der Waals surface area (Å²) >= 11 is 0. The van der Waals surface area contributed by atoms with Gasteiger partial charge in [-0.25, -0.2) is 0 Å². The monoisotopic (exact) mass is 472 g/mol. The van der Waals surface area contributed by atoms with Crippen molar-refractivity contribution in [2.45, 2.75) is 23.1 Å². The van der Waals surface area contributed by atoms with E-state index in [1.54, 1.807) is 66.7 Å². The average molecular weight is 473 g/mol. The molecule has 0 saturated heterocycles. The summed E-state index contributed by atoms with van der Waals surface area (Å²) < 4.78 is 59.0. The first-order valence-electron chi connectivity index (χ1n) is 9.41. The molecule has 166 valence electrons. The van der Waals surface area contributed by atoms with Gasteiger partial charge in [0.25, 0.3) is 0 Å². The minimum Gasteiger partial charge on any atom is -0.265 e. The summed E-state index contributed by atoms with van der Waals surface area (Å²) in [4.78, 5) is -0.0790. The van der Waals surface area contributed by atoms with Crippen molar-refractivity contribution in [2.24, 2.45) is 10.3 Å². The zero-order valence-electron chi connectivity index (χ0n) is 17.0. The molecule has 0 saturated carbocycles. The summed E-state index contributed by atoms with van der Waals surface area (Å²) in [6.07, 6.45) is -0.0152. The van der Waals surface area contributed by atoms with E-state index in [0.717, 1.165) is 0 Å². The second-order valence-electron chi connectivity index (χ2n) is 6.59. The second kappa shape index (κ2) is 10.2. The minimum absolute atomic E-state index is 0.0152. The Bertz CT molecular complexity index is 1310. The molecular weight excluding hydrogens is 452 g/mol. The second-order valence-corrected chi connectivity index (χ2v) is 9.65. The van der Waals surface area contributed by atoms with Crippen LogP contribution in [0.5, 0.6) is 0 Å². The Kier molecular flexibility index (Phi) is 7.39. The molecule has 32 heavy (non-hydrogen) atoms. The lowest BCUT2D eigenvalue weighted by atomic mass is 10.1. The molecule has 0 heterocycles. The van der Waals surface area contributed by atoms with Crippen LogP contribution >= 0.6 is 0 Å². The average Bonchev–Trinajstić information content (AvgIpc) is 2.82. The molecule has 0 amide bonds. The Hall–Kier alpha value is -3.50. The van der Waals surface area contributed by atoms with Crippen molar-refractivity contribution in [2.75, 3.05) is 0 Å². The Morgan fingerprint density at radius 2 is 1.06 bits per heavy atom. The Morgan fingerprint density at radius 3 is 1.53 bits per heavy atom. The standard InChI is InChI=1S/C22H20N2O6S2/c1-18(23-29-31(25,26)20-13-7-3-8-14-20)17-22(19-11-5-2-6-12-19)24-30-32(27,28)21-15-9-4-10-16-21/h2-16H,17H2,1H3/b23-18+,24-22+. The summed E-state index contributed by atoms with van der Waals surface area (Å²) in [6.45, 7) is 1.53. The highest BCUT2D eigenvalue weighted by Crippen LogP contribution is 2.15. The zero-order chi connectivity index (χ0) is 23.0. The van der Waals surface area contributed by atoms with E-state index >= 15 is 0 Å². The van der Waals surface area contributed by atoms with Gasteiger partial charge in [-0.05, 0) is 36.8 Å². The van der Waals surface area contributed by atoms with Crippen LogP contribution in [0.15, 0.2) is 111 Å². The molecule has 0 unspecified atom stereocenters. The molecule has 0 radical (unpaired) electrons. The van der Waals surface area contributed by atoms with Gasteiger partial charge in [-0.15, -0.1) is 0 Å². The van der Waals surface area contributed by atoms with E-state index < -0.39 is 20.2 Å². The van der Waals surface area contributed by atoms with Crippen LogP contribution in [-0.2, 0) is 28.8 Å². The first-order valence-corrected chi connectivity index (χ1v) is 12.2. The highest BCUT2D eigenvalue weighted by atomic mass is 32.2. The van der Waals surface area contributed by atoms with Crippen molar-refractivity contribution in [3.05, 3.63) is 96.6 Å². The van der Waals surface area contributed by atoms with Gasteiger partial charge in [-0.2, -0.15) is 16.8 Å². The summed E-state index contributed by atoms with van der Waals surface area (Å²) in [5.74, 6) is 0. The zero-order valence-corrected chi connectivity index (χ0v) is 18.7. The van der Waals surface area contributed by atoms with E-state index in [9.17, 15) is 16.8 Å². The molecule has 0 bridgehead atoms. The van der Waals surface area contributed by atoms with Crippen LogP contribution in [0.1, 0.15) is 18.9 Å². The normalized spacial score (nSPS) is 12.9. The van der Waals surface area contributed by atoms with Gasteiger partial charge in [-0.3, -0.25) is 8.57 Å². The van der Waals surface area contributed by atoms with Crippen LogP contribution in [-0.4, -0.2) is 28.3 Å². The molecular formula is C22H20N2O6S2. The van der Waals surface area contributed by atoms with Crippen LogP contribution in [0.3, 0.4) is 0 Å². The summed E-state index contributed by atoms with van der Waals surface area (Å²) in [6, 6.07) is 23.9. The lowest BCUT2D eigenvalue weighted by molar-refractivity contribution is 0.336. The van der Waals surface area contributed by atoms with Crippen LogP contribution in [0.2, 0.25) is 0 Å².